The molecule has 2 rings (SSSR count). The molecule has 68 valence electrons. The molecule has 2 atom stereocenters. The lowest BCUT2D eigenvalue weighted by Crippen LogP contribution is -2.39. The monoisotopic (exact) mass is 168 g/mol. The Labute approximate surface area is 73.0 Å². The summed E-state index contributed by atoms with van der Waals surface area (Å²) in [5.41, 5.74) is -0.505. The van der Waals surface area contributed by atoms with Crippen LogP contribution in [0.25, 0.3) is 0 Å². The van der Waals surface area contributed by atoms with Crippen LogP contribution in [-0.4, -0.2) is 17.5 Å². The molecule has 2 unspecified atom stereocenters. The van der Waals surface area contributed by atoms with Crippen LogP contribution in [0.4, 0.5) is 0 Å². The molecule has 2 fully saturated rings. The molecular weight excluding hydrogens is 152 g/mol. The van der Waals surface area contributed by atoms with E-state index in [-0.39, 0.29) is 17.4 Å². The number of hydrogen-bond acceptors (Lipinski definition) is 2. The Morgan fingerprint density at radius 2 is 2.25 bits per heavy atom. The van der Waals surface area contributed by atoms with Gasteiger partial charge >= 0.3 is 0 Å². The molecule has 0 aromatic heterocycles. The van der Waals surface area contributed by atoms with E-state index in [0.29, 0.717) is 11.7 Å². The van der Waals surface area contributed by atoms with E-state index in [1.165, 1.54) is 0 Å². The Morgan fingerprint density at radius 1 is 1.58 bits per heavy atom. The van der Waals surface area contributed by atoms with Crippen molar-refractivity contribution in [1.29, 1.82) is 0 Å². The predicted octanol–water partition coefficient (Wildman–Crippen LogP) is 1.37. The minimum atomic E-state index is -0.339. The van der Waals surface area contributed by atoms with E-state index in [1.54, 1.807) is 0 Å². The van der Waals surface area contributed by atoms with Crippen molar-refractivity contribution in [3.05, 3.63) is 0 Å². The first-order chi connectivity index (χ1) is 5.53. The molecule has 0 saturated heterocycles. The van der Waals surface area contributed by atoms with E-state index in [0.717, 1.165) is 19.3 Å². The highest BCUT2D eigenvalue weighted by Crippen LogP contribution is 2.59. The summed E-state index contributed by atoms with van der Waals surface area (Å²) in [6, 6.07) is 0. The molecule has 1 N–H and O–H groups in total. The minimum absolute atomic E-state index is 0.0613. The molecule has 0 heterocycles. The highest BCUT2D eigenvalue weighted by atomic mass is 16.3. The molecule has 0 aliphatic heterocycles. The number of ketones is 1. The molecule has 0 spiro atoms. The van der Waals surface area contributed by atoms with Crippen LogP contribution in [0.2, 0.25) is 0 Å². The average molecular weight is 168 g/mol. The first-order valence-electron chi connectivity index (χ1n) is 4.69. The van der Waals surface area contributed by atoms with E-state index in [1.807, 2.05) is 13.8 Å². The van der Waals surface area contributed by atoms with E-state index in [9.17, 15) is 9.90 Å². The van der Waals surface area contributed by atoms with Crippen LogP contribution < -0.4 is 0 Å². The fourth-order valence-electron chi connectivity index (χ4n) is 3.03. The second-order valence-corrected chi connectivity index (χ2v) is 4.93. The average Bonchev–Trinajstić information content (AvgIpc) is 2.53. The maximum Gasteiger partial charge on any atom is 0.147 e. The van der Waals surface area contributed by atoms with Gasteiger partial charge in [0.1, 0.15) is 5.78 Å². The number of aliphatic hydroxyl groups is 1. The Bertz CT molecular complexity index is 232. The molecule has 0 radical (unpaired) electrons. The summed E-state index contributed by atoms with van der Waals surface area (Å²) in [7, 11) is 0. The smallest absolute Gasteiger partial charge is 0.147 e. The molecule has 2 bridgehead atoms. The second-order valence-electron chi connectivity index (χ2n) is 4.93. The molecule has 2 saturated carbocycles. The fourth-order valence-corrected chi connectivity index (χ4v) is 3.03. The molecule has 2 aliphatic rings. The van der Waals surface area contributed by atoms with E-state index >= 15 is 0 Å². The lowest BCUT2D eigenvalue weighted by atomic mass is 9.71. The van der Waals surface area contributed by atoms with Crippen LogP contribution in [0.3, 0.4) is 0 Å². The fraction of sp³-hybridized carbons (Fsp3) is 0.900. The van der Waals surface area contributed by atoms with E-state index in [4.69, 9.17) is 0 Å². The van der Waals surface area contributed by atoms with Gasteiger partial charge in [0.05, 0.1) is 12.0 Å². The van der Waals surface area contributed by atoms with Crippen LogP contribution in [0, 0.1) is 16.7 Å². The lowest BCUT2D eigenvalue weighted by molar-refractivity contribution is -0.137. The number of carbonyl (C=O) groups is 1. The lowest BCUT2D eigenvalue weighted by Gasteiger charge is -2.32. The van der Waals surface area contributed by atoms with Crippen LogP contribution in [0.5, 0.6) is 0 Å². The Hall–Kier alpha value is -0.370. The normalized spacial score (nSPS) is 43.9. The van der Waals surface area contributed by atoms with Gasteiger partial charge in [-0.25, -0.2) is 0 Å². The van der Waals surface area contributed by atoms with Crippen molar-refractivity contribution in [3.8, 4) is 0 Å². The molecule has 0 aromatic rings. The van der Waals surface area contributed by atoms with E-state index in [2.05, 4.69) is 0 Å². The summed E-state index contributed by atoms with van der Waals surface area (Å²) in [6.07, 6.45) is 2.96. The molecule has 2 heteroatoms. The van der Waals surface area contributed by atoms with Crippen LogP contribution in [-0.2, 0) is 4.79 Å². The Balaban J connectivity index is 2.38. The van der Waals surface area contributed by atoms with E-state index < -0.39 is 0 Å². The van der Waals surface area contributed by atoms with Gasteiger partial charge in [-0.15, -0.1) is 0 Å². The molecule has 2 nitrogen and oxygen atoms in total. The maximum absolute atomic E-state index is 11.9. The number of aliphatic hydroxyl groups excluding tert-OH is 1. The van der Waals surface area contributed by atoms with Gasteiger partial charge in [0.25, 0.3) is 0 Å². The Morgan fingerprint density at radius 3 is 2.58 bits per heavy atom. The van der Waals surface area contributed by atoms with Crippen LogP contribution in [0.1, 0.15) is 33.1 Å². The number of carbonyl (C=O) groups excluding carboxylic acids is 1. The number of Topliss-reactive ketones (excluding diaryl/α,β-unsaturated/α-hetero) is 1. The van der Waals surface area contributed by atoms with Gasteiger partial charge < -0.3 is 5.11 Å². The molecule has 0 aromatic carbocycles. The van der Waals surface area contributed by atoms with Crippen molar-refractivity contribution < 1.29 is 9.90 Å². The first kappa shape index (κ1) is 8.24. The van der Waals surface area contributed by atoms with Gasteiger partial charge in [-0.2, -0.15) is 0 Å². The van der Waals surface area contributed by atoms with Gasteiger partial charge in [-0.05, 0) is 25.2 Å². The molecule has 2 aliphatic carbocycles. The van der Waals surface area contributed by atoms with Crippen molar-refractivity contribution in [2.45, 2.75) is 33.1 Å². The zero-order chi connectivity index (χ0) is 8.98. The minimum Gasteiger partial charge on any atom is -0.395 e. The van der Waals surface area contributed by atoms with Crippen molar-refractivity contribution in [3.63, 3.8) is 0 Å². The number of hydrogen-bond donors (Lipinski definition) is 1. The van der Waals surface area contributed by atoms with Crippen LogP contribution >= 0.6 is 0 Å². The van der Waals surface area contributed by atoms with Crippen molar-refractivity contribution in [1.82, 2.24) is 0 Å². The second kappa shape index (κ2) is 2.11. The zero-order valence-electron chi connectivity index (χ0n) is 7.76. The third kappa shape index (κ3) is 0.717. The summed E-state index contributed by atoms with van der Waals surface area (Å²) >= 11 is 0. The maximum atomic E-state index is 11.9. The van der Waals surface area contributed by atoms with Gasteiger partial charge in [-0.3, -0.25) is 4.79 Å². The van der Waals surface area contributed by atoms with Crippen molar-refractivity contribution >= 4 is 5.78 Å². The molecule has 12 heavy (non-hydrogen) atoms. The Kier molecular flexibility index (Phi) is 1.45. The summed E-state index contributed by atoms with van der Waals surface area (Å²) in [4.78, 5) is 11.9. The quantitative estimate of drug-likeness (QED) is 0.642. The molecular formula is C10H16O2. The number of rotatable bonds is 1. The van der Waals surface area contributed by atoms with Gasteiger partial charge in [-0.1, -0.05) is 13.8 Å². The van der Waals surface area contributed by atoms with Gasteiger partial charge in [0, 0.05) is 5.41 Å². The van der Waals surface area contributed by atoms with Crippen molar-refractivity contribution in [2.75, 3.05) is 6.61 Å². The summed E-state index contributed by atoms with van der Waals surface area (Å²) in [5.74, 6) is 0.825. The topological polar surface area (TPSA) is 37.3 Å². The molecule has 0 amide bonds. The predicted molar refractivity (Wildman–Crippen MR) is 45.6 cm³/mol. The van der Waals surface area contributed by atoms with Gasteiger partial charge in [0.15, 0.2) is 0 Å². The third-order valence-electron chi connectivity index (χ3n) is 4.00. The standard InChI is InChI=1S/C10H16O2/c1-9(2)7-3-4-10(5-7,6-11)8(9)12/h7,11H,3-6H2,1-2H3. The summed E-state index contributed by atoms with van der Waals surface area (Å²) in [5, 5.41) is 9.22. The largest absolute Gasteiger partial charge is 0.395 e. The van der Waals surface area contributed by atoms with Crippen molar-refractivity contribution in [2.24, 2.45) is 16.7 Å². The first-order valence-corrected chi connectivity index (χ1v) is 4.69. The van der Waals surface area contributed by atoms with Crippen LogP contribution in [0.15, 0.2) is 0 Å². The number of fused-ring (bicyclic) bond motifs is 2. The summed E-state index contributed by atoms with van der Waals surface area (Å²) in [6.45, 7) is 4.11. The zero-order valence-corrected chi connectivity index (χ0v) is 7.76. The SMILES string of the molecule is CC1(C)C(=O)C2(CO)CCC1C2. The third-order valence-corrected chi connectivity index (χ3v) is 4.00. The van der Waals surface area contributed by atoms with Gasteiger partial charge in [0.2, 0.25) is 0 Å². The highest BCUT2D eigenvalue weighted by molar-refractivity contribution is 5.93. The summed E-state index contributed by atoms with van der Waals surface area (Å²) < 4.78 is 0. The highest BCUT2D eigenvalue weighted by Gasteiger charge is 2.60.